The lowest BCUT2D eigenvalue weighted by atomic mass is 10.1. The van der Waals surface area contributed by atoms with Crippen LogP contribution in [0.15, 0.2) is 24.4 Å². The third-order valence-electron chi connectivity index (χ3n) is 2.96. The van der Waals surface area contributed by atoms with E-state index in [-0.39, 0.29) is 12.1 Å². The highest BCUT2D eigenvalue weighted by atomic mass is 19.4. The van der Waals surface area contributed by atoms with Gasteiger partial charge in [-0.2, -0.15) is 18.3 Å². The van der Waals surface area contributed by atoms with Gasteiger partial charge in [0.2, 0.25) is 0 Å². The van der Waals surface area contributed by atoms with E-state index in [1.807, 2.05) is 13.0 Å². The average molecular weight is 285 g/mol. The lowest BCUT2D eigenvalue weighted by Gasteiger charge is -2.11. The van der Waals surface area contributed by atoms with Gasteiger partial charge in [0.25, 0.3) is 0 Å². The summed E-state index contributed by atoms with van der Waals surface area (Å²) < 4.78 is 38.9. The molecule has 0 spiro atoms. The molecule has 0 aliphatic heterocycles. The van der Waals surface area contributed by atoms with Crippen LogP contribution < -0.4 is 0 Å². The molecule has 4 nitrogen and oxygen atoms in total. The maximum absolute atomic E-state index is 12.4. The van der Waals surface area contributed by atoms with Crippen LogP contribution in [-0.4, -0.2) is 19.9 Å². The minimum atomic E-state index is -4.42. The average Bonchev–Trinajstić information content (AvgIpc) is 2.67. The first-order chi connectivity index (χ1) is 9.27. The van der Waals surface area contributed by atoms with E-state index in [1.165, 1.54) is 6.07 Å². The van der Waals surface area contributed by atoms with E-state index < -0.39 is 17.8 Å². The Hall–Kier alpha value is -1.89. The SMILES string of the molecule is Cc1cc(CC(O)c2ccc(C(F)(F)F)cn2)n(C)n1. The Morgan fingerprint density at radius 2 is 2.05 bits per heavy atom. The van der Waals surface area contributed by atoms with Crippen molar-refractivity contribution < 1.29 is 18.3 Å². The van der Waals surface area contributed by atoms with Crippen LogP contribution in [0.5, 0.6) is 0 Å². The molecule has 0 saturated carbocycles. The van der Waals surface area contributed by atoms with E-state index in [4.69, 9.17) is 0 Å². The number of hydrogen-bond donors (Lipinski definition) is 1. The predicted molar refractivity (Wildman–Crippen MR) is 65.8 cm³/mol. The summed E-state index contributed by atoms with van der Waals surface area (Å²) in [6.07, 6.45) is -4.41. The van der Waals surface area contributed by atoms with Crippen LogP contribution in [0.4, 0.5) is 13.2 Å². The molecule has 2 heterocycles. The Bertz CT molecular complexity index is 590. The van der Waals surface area contributed by atoms with Gasteiger partial charge in [0.15, 0.2) is 0 Å². The molecule has 1 unspecified atom stereocenters. The van der Waals surface area contributed by atoms with E-state index in [9.17, 15) is 18.3 Å². The van der Waals surface area contributed by atoms with Gasteiger partial charge in [0.05, 0.1) is 17.0 Å². The van der Waals surface area contributed by atoms with Gasteiger partial charge in [-0.1, -0.05) is 0 Å². The molecule has 0 aliphatic rings. The van der Waals surface area contributed by atoms with Crippen molar-refractivity contribution in [1.82, 2.24) is 14.8 Å². The summed E-state index contributed by atoms with van der Waals surface area (Å²) in [6.45, 7) is 1.83. The summed E-state index contributed by atoms with van der Waals surface area (Å²) in [6, 6.07) is 3.92. The van der Waals surface area contributed by atoms with E-state index >= 15 is 0 Å². The van der Waals surface area contributed by atoms with Gasteiger partial charge >= 0.3 is 6.18 Å². The van der Waals surface area contributed by atoms with Crippen LogP contribution in [0.2, 0.25) is 0 Å². The van der Waals surface area contributed by atoms with Gasteiger partial charge < -0.3 is 5.11 Å². The van der Waals surface area contributed by atoms with Crippen molar-refractivity contribution in [3.63, 3.8) is 0 Å². The Morgan fingerprint density at radius 3 is 2.50 bits per heavy atom. The molecule has 2 aromatic heterocycles. The van der Waals surface area contributed by atoms with Crippen molar-refractivity contribution in [2.75, 3.05) is 0 Å². The fraction of sp³-hybridized carbons (Fsp3) is 0.385. The van der Waals surface area contributed by atoms with Gasteiger partial charge in [-0.05, 0) is 25.1 Å². The molecule has 7 heteroatoms. The third-order valence-corrected chi connectivity index (χ3v) is 2.96. The second-order valence-corrected chi connectivity index (χ2v) is 4.59. The number of rotatable bonds is 3. The molecule has 2 aromatic rings. The summed E-state index contributed by atoms with van der Waals surface area (Å²) in [7, 11) is 1.75. The van der Waals surface area contributed by atoms with Crippen molar-refractivity contribution in [3.8, 4) is 0 Å². The van der Waals surface area contributed by atoms with E-state index in [1.54, 1.807) is 11.7 Å². The minimum absolute atomic E-state index is 0.205. The number of aliphatic hydroxyl groups excluding tert-OH is 1. The molecule has 0 aliphatic carbocycles. The molecule has 0 aromatic carbocycles. The zero-order chi connectivity index (χ0) is 14.9. The maximum atomic E-state index is 12.4. The van der Waals surface area contributed by atoms with Gasteiger partial charge in [-0.15, -0.1) is 0 Å². The van der Waals surface area contributed by atoms with Crippen LogP contribution in [0.3, 0.4) is 0 Å². The lowest BCUT2D eigenvalue weighted by Crippen LogP contribution is -2.10. The summed E-state index contributed by atoms with van der Waals surface area (Å²) in [5.41, 5.74) is 0.980. The topological polar surface area (TPSA) is 50.9 Å². The number of halogens is 3. The van der Waals surface area contributed by atoms with Crippen LogP contribution in [0.1, 0.15) is 28.7 Å². The Labute approximate surface area is 113 Å². The Balaban J connectivity index is 2.13. The quantitative estimate of drug-likeness (QED) is 0.942. The van der Waals surface area contributed by atoms with E-state index in [0.717, 1.165) is 23.7 Å². The first-order valence-electron chi connectivity index (χ1n) is 5.98. The minimum Gasteiger partial charge on any atom is -0.386 e. The van der Waals surface area contributed by atoms with E-state index in [2.05, 4.69) is 10.1 Å². The maximum Gasteiger partial charge on any atom is 0.417 e. The fourth-order valence-electron chi connectivity index (χ4n) is 1.93. The van der Waals surface area contributed by atoms with Crippen LogP contribution in [-0.2, 0) is 19.6 Å². The number of pyridine rings is 1. The Morgan fingerprint density at radius 1 is 1.35 bits per heavy atom. The molecule has 0 amide bonds. The number of nitrogens with zero attached hydrogens (tertiary/aromatic N) is 3. The van der Waals surface area contributed by atoms with Crippen molar-refractivity contribution in [2.24, 2.45) is 7.05 Å². The number of aryl methyl sites for hydroxylation is 2. The first-order valence-corrected chi connectivity index (χ1v) is 5.98. The van der Waals surface area contributed by atoms with Crippen molar-refractivity contribution in [2.45, 2.75) is 25.6 Å². The molecule has 0 fully saturated rings. The number of aliphatic hydroxyl groups is 1. The molecular weight excluding hydrogens is 271 g/mol. The highest BCUT2D eigenvalue weighted by Crippen LogP contribution is 2.29. The highest BCUT2D eigenvalue weighted by molar-refractivity contribution is 5.20. The summed E-state index contributed by atoms with van der Waals surface area (Å²) in [5, 5.41) is 14.2. The van der Waals surface area contributed by atoms with Gasteiger partial charge in [-0.3, -0.25) is 9.67 Å². The summed E-state index contributed by atoms with van der Waals surface area (Å²) >= 11 is 0. The number of aromatic nitrogens is 3. The summed E-state index contributed by atoms with van der Waals surface area (Å²) in [4.78, 5) is 3.68. The smallest absolute Gasteiger partial charge is 0.386 e. The van der Waals surface area contributed by atoms with Crippen LogP contribution in [0.25, 0.3) is 0 Å². The molecular formula is C13H14F3N3O. The van der Waals surface area contributed by atoms with Gasteiger partial charge in [-0.25, -0.2) is 0 Å². The molecule has 20 heavy (non-hydrogen) atoms. The molecule has 1 N–H and O–H groups in total. The second kappa shape index (κ2) is 5.24. The number of alkyl halides is 3. The molecule has 0 radical (unpaired) electrons. The zero-order valence-electron chi connectivity index (χ0n) is 11.0. The molecule has 1 atom stereocenters. The monoisotopic (exact) mass is 285 g/mol. The van der Waals surface area contributed by atoms with Crippen LogP contribution in [0, 0.1) is 6.92 Å². The summed E-state index contributed by atoms with van der Waals surface area (Å²) in [5.74, 6) is 0. The Kier molecular flexibility index (Phi) is 3.80. The lowest BCUT2D eigenvalue weighted by molar-refractivity contribution is -0.137. The highest BCUT2D eigenvalue weighted by Gasteiger charge is 2.30. The van der Waals surface area contributed by atoms with Crippen molar-refractivity contribution in [1.29, 1.82) is 0 Å². The van der Waals surface area contributed by atoms with E-state index in [0.29, 0.717) is 0 Å². The standard InChI is InChI=1S/C13H14F3N3O/c1-8-5-10(19(2)18-8)6-12(20)11-4-3-9(7-17-11)13(14,15)16/h3-5,7,12,20H,6H2,1-2H3. The number of hydrogen-bond acceptors (Lipinski definition) is 3. The largest absolute Gasteiger partial charge is 0.417 e. The normalized spacial score (nSPS) is 13.5. The van der Waals surface area contributed by atoms with Gasteiger partial charge in [0, 0.05) is 25.4 Å². The molecule has 108 valence electrons. The van der Waals surface area contributed by atoms with Crippen LogP contribution >= 0.6 is 0 Å². The first kappa shape index (κ1) is 14.5. The molecule has 0 saturated heterocycles. The molecule has 0 bridgehead atoms. The molecule has 2 rings (SSSR count). The van der Waals surface area contributed by atoms with Crippen molar-refractivity contribution >= 4 is 0 Å². The fourth-order valence-corrected chi connectivity index (χ4v) is 1.93. The second-order valence-electron chi connectivity index (χ2n) is 4.59. The van der Waals surface area contributed by atoms with Crippen molar-refractivity contribution in [3.05, 3.63) is 47.0 Å². The predicted octanol–water partition coefficient (Wildman–Crippen LogP) is 2.42. The zero-order valence-corrected chi connectivity index (χ0v) is 11.0. The van der Waals surface area contributed by atoms with Gasteiger partial charge in [0.1, 0.15) is 6.10 Å². The third kappa shape index (κ3) is 3.16.